The molecule has 0 spiro atoms. The third-order valence-corrected chi connectivity index (χ3v) is 6.62. The second-order valence-corrected chi connectivity index (χ2v) is 7.94. The van der Waals surface area contributed by atoms with Crippen molar-refractivity contribution in [1.82, 2.24) is 0 Å². The van der Waals surface area contributed by atoms with Gasteiger partial charge in [-0.15, -0.1) is 0 Å². The maximum absolute atomic E-state index is 14.0. The molecule has 0 radical (unpaired) electrons. The Kier molecular flexibility index (Phi) is 5.23. The first kappa shape index (κ1) is 13.1. The lowest BCUT2D eigenvalue weighted by atomic mass is 10.0. The molecule has 90 valence electrons. The minimum atomic E-state index is -3.90. The third-order valence-electron chi connectivity index (χ3n) is 3.60. The van der Waals surface area contributed by atoms with Crippen molar-refractivity contribution >= 4 is 8.74 Å². The van der Waals surface area contributed by atoms with Crippen LogP contribution < -0.4 is 0 Å². The summed E-state index contributed by atoms with van der Waals surface area (Å²) in [6.07, 6.45) is 6.86. The van der Waals surface area contributed by atoms with E-state index in [4.69, 9.17) is 0 Å². The van der Waals surface area contributed by atoms with E-state index in [2.05, 4.69) is 6.92 Å². The normalized spacial score (nSPS) is 21.6. The highest BCUT2D eigenvalue weighted by molar-refractivity contribution is 6.67. The zero-order chi connectivity index (χ0) is 11.3. The number of hydrogen-bond donors (Lipinski definition) is 0. The van der Waals surface area contributed by atoms with Crippen molar-refractivity contribution in [1.29, 1.82) is 0 Å². The van der Waals surface area contributed by atoms with Crippen LogP contribution in [0, 0.1) is 5.92 Å². The Labute approximate surface area is 93.8 Å². The molecule has 1 rings (SSSR count). The van der Waals surface area contributed by atoms with Crippen LogP contribution in [0.5, 0.6) is 0 Å². The molecule has 0 heterocycles. The SMILES string of the molecule is CCCC(C)C[Si](F)(F)C1CCCCC1. The molecule has 1 unspecified atom stereocenters. The molecule has 0 nitrogen and oxygen atoms in total. The highest BCUT2D eigenvalue weighted by Gasteiger charge is 2.45. The van der Waals surface area contributed by atoms with Gasteiger partial charge in [-0.25, -0.2) is 0 Å². The summed E-state index contributed by atoms with van der Waals surface area (Å²) in [5, 5.41) is 0. The van der Waals surface area contributed by atoms with Crippen molar-refractivity contribution in [3.63, 3.8) is 0 Å². The van der Waals surface area contributed by atoms with Crippen molar-refractivity contribution < 1.29 is 8.22 Å². The van der Waals surface area contributed by atoms with Crippen LogP contribution in [0.4, 0.5) is 8.22 Å². The summed E-state index contributed by atoms with van der Waals surface area (Å²) in [4.78, 5) is 0. The van der Waals surface area contributed by atoms with Crippen LogP contribution in [0.25, 0.3) is 0 Å². The molecule has 0 bridgehead atoms. The van der Waals surface area contributed by atoms with Gasteiger partial charge in [-0.3, -0.25) is 8.22 Å². The zero-order valence-electron chi connectivity index (χ0n) is 10.1. The van der Waals surface area contributed by atoms with E-state index in [1.807, 2.05) is 6.92 Å². The van der Waals surface area contributed by atoms with E-state index in [0.717, 1.165) is 38.5 Å². The lowest BCUT2D eigenvalue weighted by Gasteiger charge is -2.29. The molecule has 0 aromatic rings. The molecule has 0 aliphatic heterocycles. The third kappa shape index (κ3) is 4.21. The van der Waals surface area contributed by atoms with Gasteiger partial charge in [0.2, 0.25) is 0 Å². The van der Waals surface area contributed by atoms with Gasteiger partial charge < -0.3 is 0 Å². The van der Waals surface area contributed by atoms with Gasteiger partial charge in [0, 0.05) is 11.6 Å². The second-order valence-electron chi connectivity index (χ2n) is 5.19. The standard InChI is InChI=1S/C12H24F2Si/c1-3-7-11(2)10-15(13,14)12-8-5-4-6-9-12/h11-12H,3-10H2,1-2H3. The average Bonchev–Trinajstić information content (AvgIpc) is 2.18. The molecule has 0 aromatic heterocycles. The fraction of sp³-hybridized carbons (Fsp3) is 1.00. The van der Waals surface area contributed by atoms with Crippen LogP contribution in [-0.4, -0.2) is 8.74 Å². The van der Waals surface area contributed by atoms with Crippen LogP contribution in [0.2, 0.25) is 11.6 Å². The number of halogens is 2. The molecular formula is C12H24F2Si. The lowest BCUT2D eigenvalue weighted by molar-refractivity contribution is 0.413. The summed E-state index contributed by atoms with van der Waals surface area (Å²) >= 11 is 0. The Morgan fingerprint density at radius 3 is 2.33 bits per heavy atom. The van der Waals surface area contributed by atoms with Gasteiger partial charge in [-0.1, -0.05) is 46.0 Å². The van der Waals surface area contributed by atoms with Gasteiger partial charge in [0.25, 0.3) is 0 Å². The van der Waals surface area contributed by atoms with Gasteiger partial charge >= 0.3 is 8.74 Å². The molecule has 1 aliphatic rings. The van der Waals surface area contributed by atoms with Crippen LogP contribution in [0.15, 0.2) is 0 Å². The highest BCUT2D eigenvalue weighted by Crippen LogP contribution is 2.42. The summed E-state index contributed by atoms with van der Waals surface area (Å²) in [6, 6.07) is 0.242. The number of hydrogen-bond acceptors (Lipinski definition) is 0. The average molecular weight is 234 g/mol. The van der Waals surface area contributed by atoms with Gasteiger partial charge in [0.1, 0.15) is 0 Å². The summed E-state index contributed by atoms with van der Waals surface area (Å²) < 4.78 is 28.0. The molecule has 15 heavy (non-hydrogen) atoms. The molecule has 1 atom stereocenters. The number of rotatable bonds is 5. The van der Waals surface area contributed by atoms with Crippen LogP contribution in [0.1, 0.15) is 58.8 Å². The summed E-state index contributed by atoms with van der Waals surface area (Å²) in [7, 11) is -3.90. The Morgan fingerprint density at radius 2 is 1.80 bits per heavy atom. The van der Waals surface area contributed by atoms with E-state index < -0.39 is 8.74 Å². The van der Waals surface area contributed by atoms with E-state index in [1.54, 1.807) is 0 Å². The Balaban J connectivity index is 2.41. The van der Waals surface area contributed by atoms with Crippen molar-refractivity contribution in [2.24, 2.45) is 5.92 Å². The fourth-order valence-corrected chi connectivity index (χ4v) is 5.47. The fourth-order valence-electron chi connectivity index (χ4n) is 2.75. The van der Waals surface area contributed by atoms with Crippen molar-refractivity contribution in [3.05, 3.63) is 0 Å². The molecule has 0 N–H and O–H groups in total. The van der Waals surface area contributed by atoms with Gasteiger partial charge in [-0.2, -0.15) is 0 Å². The van der Waals surface area contributed by atoms with Crippen molar-refractivity contribution in [2.75, 3.05) is 0 Å². The molecule has 3 heteroatoms. The predicted molar refractivity (Wildman–Crippen MR) is 63.7 cm³/mol. The summed E-state index contributed by atoms with van der Waals surface area (Å²) in [5.74, 6) is 0.235. The maximum Gasteiger partial charge on any atom is 0.428 e. The molecular weight excluding hydrogens is 210 g/mol. The molecule has 0 aromatic carbocycles. The van der Waals surface area contributed by atoms with Crippen molar-refractivity contribution in [3.8, 4) is 0 Å². The Morgan fingerprint density at radius 1 is 1.20 bits per heavy atom. The van der Waals surface area contributed by atoms with Crippen LogP contribution in [-0.2, 0) is 0 Å². The Bertz CT molecular complexity index is 176. The first-order valence-corrected chi connectivity index (χ1v) is 8.48. The first-order valence-electron chi connectivity index (χ1n) is 6.44. The molecule has 1 fully saturated rings. The Hall–Kier alpha value is 0.0769. The van der Waals surface area contributed by atoms with Crippen LogP contribution >= 0.6 is 0 Å². The topological polar surface area (TPSA) is 0 Å². The minimum absolute atomic E-state index is 0.189. The minimum Gasteiger partial charge on any atom is -0.270 e. The first-order chi connectivity index (χ1) is 7.06. The second kappa shape index (κ2) is 5.97. The van der Waals surface area contributed by atoms with E-state index in [-0.39, 0.29) is 17.5 Å². The molecule has 1 aliphatic carbocycles. The van der Waals surface area contributed by atoms with Gasteiger partial charge in [0.15, 0.2) is 0 Å². The molecule has 1 saturated carbocycles. The summed E-state index contributed by atoms with van der Waals surface area (Å²) in [6.45, 7) is 4.07. The van der Waals surface area contributed by atoms with Gasteiger partial charge in [-0.05, 0) is 18.8 Å². The van der Waals surface area contributed by atoms with E-state index in [9.17, 15) is 8.22 Å². The van der Waals surface area contributed by atoms with E-state index in [1.165, 1.54) is 6.42 Å². The maximum atomic E-state index is 14.0. The van der Waals surface area contributed by atoms with Gasteiger partial charge in [0.05, 0.1) is 0 Å². The molecule has 0 amide bonds. The predicted octanol–water partition coefficient (Wildman–Crippen LogP) is 5.14. The largest absolute Gasteiger partial charge is 0.428 e. The lowest BCUT2D eigenvalue weighted by Crippen LogP contribution is -2.33. The molecule has 0 saturated heterocycles. The van der Waals surface area contributed by atoms with Crippen LogP contribution in [0.3, 0.4) is 0 Å². The summed E-state index contributed by atoms with van der Waals surface area (Å²) in [5.41, 5.74) is -0.189. The zero-order valence-corrected chi connectivity index (χ0v) is 11.1. The smallest absolute Gasteiger partial charge is 0.270 e. The monoisotopic (exact) mass is 234 g/mol. The van der Waals surface area contributed by atoms with E-state index in [0.29, 0.717) is 0 Å². The quantitative estimate of drug-likeness (QED) is 0.456. The van der Waals surface area contributed by atoms with E-state index >= 15 is 0 Å². The van der Waals surface area contributed by atoms with Crippen molar-refractivity contribution in [2.45, 2.75) is 70.4 Å². The highest BCUT2D eigenvalue weighted by atomic mass is 28.4.